The van der Waals surface area contributed by atoms with E-state index in [9.17, 15) is 19.2 Å². The predicted octanol–water partition coefficient (Wildman–Crippen LogP) is 0.770. The highest BCUT2D eigenvalue weighted by molar-refractivity contribution is 6.04. The van der Waals surface area contributed by atoms with Gasteiger partial charge in [-0.3, -0.25) is 24.3 Å². The number of fused-ring (bicyclic) bond motifs is 1. The van der Waals surface area contributed by atoms with Crippen LogP contribution >= 0.6 is 0 Å². The van der Waals surface area contributed by atoms with Gasteiger partial charge in [0, 0.05) is 13.2 Å². The number of carbonyl (C=O) groups excluding carboxylic acids is 3. The van der Waals surface area contributed by atoms with Crippen molar-refractivity contribution in [2.24, 2.45) is 7.05 Å². The van der Waals surface area contributed by atoms with E-state index in [-0.39, 0.29) is 29.0 Å². The molecule has 2 amide bonds. The van der Waals surface area contributed by atoms with Crippen molar-refractivity contribution >= 4 is 28.9 Å². The van der Waals surface area contributed by atoms with Gasteiger partial charge in [0.2, 0.25) is 11.6 Å². The molecule has 0 saturated heterocycles. The van der Waals surface area contributed by atoms with E-state index < -0.39 is 29.9 Å². The SMILES string of the molecule is CCOC(=O)c1c(C)oc2ncn(CC(=O)NC(=O)c3cccn3C)c(=O)c12. The molecule has 28 heavy (non-hydrogen) atoms. The number of aromatic nitrogens is 3. The molecule has 0 aliphatic heterocycles. The third-order valence-electron chi connectivity index (χ3n) is 4.08. The minimum Gasteiger partial charge on any atom is -0.462 e. The van der Waals surface area contributed by atoms with E-state index in [0.29, 0.717) is 5.69 Å². The molecular formula is C18H18N4O6. The van der Waals surface area contributed by atoms with Crippen LogP contribution in [0.4, 0.5) is 0 Å². The first-order valence-electron chi connectivity index (χ1n) is 8.44. The molecular weight excluding hydrogens is 368 g/mol. The Hall–Kier alpha value is -3.69. The van der Waals surface area contributed by atoms with Crippen LogP contribution < -0.4 is 10.9 Å². The quantitative estimate of drug-likeness (QED) is 0.642. The molecule has 3 rings (SSSR count). The molecule has 0 aliphatic rings. The Kier molecular flexibility index (Phi) is 5.12. The number of imide groups is 1. The number of furan rings is 1. The van der Waals surface area contributed by atoms with Gasteiger partial charge in [0.25, 0.3) is 11.5 Å². The molecule has 0 radical (unpaired) electrons. The zero-order valence-electron chi connectivity index (χ0n) is 15.5. The molecule has 1 N–H and O–H groups in total. The molecule has 0 unspecified atom stereocenters. The average Bonchev–Trinajstić information content (AvgIpc) is 3.20. The number of esters is 1. The molecule has 0 spiro atoms. The van der Waals surface area contributed by atoms with Gasteiger partial charge in [0.1, 0.15) is 35.3 Å². The van der Waals surface area contributed by atoms with Gasteiger partial charge in [-0.1, -0.05) is 0 Å². The normalized spacial score (nSPS) is 10.8. The van der Waals surface area contributed by atoms with Crippen molar-refractivity contribution in [1.82, 2.24) is 19.4 Å². The standard InChI is InChI=1S/C18H18N4O6/c1-4-27-18(26)13-10(2)28-16-14(13)17(25)22(9-19-16)8-12(23)20-15(24)11-6-5-7-21(11)3/h5-7,9H,4,8H2,1-3H3,(H,20,23,24). The summed E-state index contributed by atoms with van der Waals surface area (Å²) in [6, 6.07) is 3.22. The molecule has 10 nitrogen and oxygen atoms in total. The lowest BCUT2D eigenvalue weighted by atomic mass is 10.2. The van der Waals surface area contributed by atoms with Crippen molar-refractivity contribution in [3.05, 3.63) is 52.0 Å². The van der Waals surface area contributed by atoms with E-state index in [1.54, 1.807) is 36.9 Å². The molecule has 10 heteroatoms. The third-order valence-corrected chi connectivity index (χ3v) is 4.08. The van der Waals surface area contributed by atoms with Crippen LogP contribution in [0.25, 0.3) is 11.1 Å². The summed E-state index contributed by atoms with van der Waals surface area (Å²) in [5.74, 6) is -1.81. The Bertz CT molecular complexity index is 1140. The van der Waals surface area contributed by atoms with Crippen molar-refractivity contribution in [1.29, 1.82) is 0 Å². The number of amides is 2. The van der Waals surface area contributed by atoms with Crippen LogP contribution in [-0.2, 0) is 23.1 Å². The fraction of sp³-hybridized carbons (Fsp3) is 0.278. The second-order valence-electron chi connectivity index (χ2n) is 5.99. The van der Waals surface area contributed by atoms with Gasteiger partial charge in [-0.25, -0.2) is 9.78 Å². The van der Waals surface area contributed by atoms with Gasteiger partial charge in [0.05, 0.1) is 6.61 Å². The molecule has 0 bridgehead atoms. The van der Waals surface area contributed by atoms with E-state index >= 15 is 0 Å². The number of ether oxygens (including phenoxy) is 1. The number of carbonyl (C=O) groups is 3. The fourth-order valence-electron chi connectivity index (χ4n) is 2.78. The predicted molar refractivity (Wildman–Crippen MR) is 96.8 cm³/mol. The second-order valence-corrected chi connectivity index (χ2v) is 5.99. The lowest BCUT2D eigenvalue weighted by Gasteiger charge is -2.07. The van der Waals surface area contributed by atoms with E-state index in [1.807, 2.05) is 0 Å². The molecule has 3 aromatic heterocycles. The maximum Gasteiger partial charge on any atom is 0.342 e. The molecule has 3 aromatic rings. The minimum absolute atomic E-state index is 0.0241. The summed E-state index contributed by atoms with van der Waals surface area (Å²) in [7, 11) is 1.67. The van der Waals surface area contributed by atoms with Gasteiger partial charge in [-0.15, -0.1) is 0 Å². The Morgan fingerprint density at radius 1 is 1.32 bits per heavy atom. The molecule has 146 valence electrons. The summed E-state index contributed by atoms with van der Waals surface area (Å²) in [4.78, 5) is 53.2. The first-order chi connectivity index (χ1) is 13.3. The second kappa shape index (κ2) is 7.51. The summed E-state index contributed by atoms with van der Waals surface area (Å²) >= 11 is 0. The highest BCUT2D eigenvalue weighted by Crippen LogP contribution is 2.21. The van der Waals surface area contributed by atoms with Crippen molar-refractivity contribution < 1.29 is 23.5 Å². The van der Waals surface area contributed by atoms with Crippen LogP contribution in [0.3, 0.4) is 0 Å². The van der Waals surface area contributed by atoms with Crippen molar-refractivity contribution in [3.63, 3.8) is 0 Å². The van der Waals surface area contributed by atoms with Crippen LogP contribution in [0, 0.1) is 6.92 Å². The third kappa shape index (κ3) is 3.43. The summed E-state index contributed by atoms with van der Waals surface area (Å²) < 4.78 is 12.9. The number of hydrogen-bond donors (Lipinski definition) is 1. The lowest BCUT2D eigenvalue weighted by Crippen LogP contribution is -2.37. The number of hydrogen-bond acceptors (Lipinski definition) is 7. The number of rotatable bonds is 5. The number of aryl methyl sites for hydroxylation is 2. The zero-order valence-corrected chi connectivity index (χ0v) is 15.5. The Morgan fingerprint density at radius 3 is 2.71 bits per heavy atom. The van der Waals surface area contributed by atoms with Gasteiger partial charge in [-0.05, 0) is 26.0 Å². The van der Waals surface area contributed by atoms with Crippen molar-refractivity contribution in [2.75, 3.05) is 6.61 Å². The number of nitrogens with zero attached hydrogens (tertiary/aromatic N) is 3. The summed E-state index contributed by atoms with van der Waals surface area (Å²) in [6.07, 6.45) is 2.79. The van der Waals surface area contributed by atoms with Gasteiger partial charge < -0.3 is 13.7 Å². The van der Waals surface area contributed by atoms with Crippen LogP contribution in [0.2, 0.25) is 0 Å². The molecule has 0 saturated carbocycles. The Labute approximate surface area is 158 Å². The van der Waals surface area contributed by atoms with Crippen LogP contribution in [0.1, 0.15) is 33.5 Å². The summed E-state index contributed by atoms with van der Waals surface area (Å²) in [6.45, 7) is 2.83. The van der Waals surface area contributed by atoms with E-state index in [0.717, 1.165) is 10.9 Å². The Morgan fingerprint density at radius 2 is 2.07 bits per heavy atom. The Balaban J connectivity index is 1.88. The lowest BCUT2D eigenvalue weighted by molar-refractivity contribution is -0.120. The van der Waals surface area contributed by atoms with E-state index in [4.69, 9.17) is 9.15 Å². The maximum atomic E-state index is 12.8. The summed E-state index contributed by atoms with van der Waals surface area (Å²) in [5.41, 5.74) is -0.401. The van der Waals surface area contributed by atoms with Crippen LogP contribution in [-0.4, -0.2) is 38.5 Å². The molecule has 0 aliphatic carbocycles. The molecule has 0 aromatic carbocycles. The highest BCUT2D eigenvalue weighted by Gasteiger charge is 2.24. The molecule has 3 heterocycles. The molecule has 0 atom stereocenters. The minimum atomic E-state index is -0.710. The first kappa shape index (κ1) is 19.1. The van der Waals surface area contributed by atoms with Crippen LogP contribution in [0.5, 0.6) is 0 Å². The maximum absolute atomic E-state index is 12.8. The average molecular weight is 386 g/mol. The first-order valence-corrected chi connectivity index (χ1v) is 8.44. The number of nitrogens with one attached hydrogen (secondary N) is 1. The monoisotopic (exact) mass is 386 g/mol. The van der Waals surface area contributed by atoms with Crippen LogP contribution in [0.15, 0.2) is 33.9 Å². The largest absolute Gasteiger partial charge is 0.462 e. The van der Waals surface area contributed by atoms with E-state index in [2.05, 4.69) is 10.3 Å². The highest BCUT2D eigenvalue weighted by atomic mass is 16.5. The van der Waals surface area contributed by atoms with E-state index in [1.165, 1.54) is 6.92 Å². The smallest absolute Gasteiger partial charge is 0.342 e. The summed E-state index contributed by atoms with van der Waals surface area (Å²) in [5, 5.41) is 2.14. The zero-order chi connectivity index (χ0) is 20.4. The topological polar surface area (TPSA) is 125 Å². The van der Waals surface area contributed by atoms with Gasteiger partial charge in [-0.2, -0.15) is 0 Å². The van der Waals surface area contributed by atoms with Gasteiger partial charge in [0.15, 0.2) is 0 Å². The van der Waals surface area contributed by atoms with Crippen molar-refractivity contribution in [3.8, 4) is 0 Å². The van der Waals surface area contributed by atoms with Crippen molar-refractivity contribution in [2.45, 2.75) is 20.4 Å². The molecule has 0 fully saturated rings. The van der Waals surface area contributed by atoms with Gasteiger partial charge >= 0.3 is 5.97 Å². The fourth-order valence-corrected chi connectivity index (χ4v) is 2.78.